The molecule has 0 atom stereocenters. The van der Waals surface area contributed by atoms with Gasteiger partial charge in [-0.25, -0.2) is 8.42 Å². The Balaban J connectivity index is 2.13. The standard InChI is InChI=1S/C19H19ClN2O3S/c1-13-5-3-4-6-15(13)19-16-11-14(20)7-8-17(16)22(18(23)12-21-19)9-10-26(2,24)25/h3-8,11H,9-10,12H2,1-2H3. The highest BCUT2D eigenvalue weighted by molar-refractivity contribution is 7.90. The Morgan fingerprint density at radius 3 is 2.58 bits per heavy atom. The molecule has 1 heterocycles. The maximum absolute atomic E-state index is 12.6. The summed E-state index contributed by atoms with van der Waals surface area (Å²) in [5.74, 6) is -0.346. The molecule has 7 heteroatoms. The fourth-order valence-electron chi connectivity index (χ4n) is 2.96. The number of halogens is 1. The maximum Gasteiger partial charge on any atom is 0.248 e. The van der Waals surface area contributed by atoms with Crippen LogP contribution in [0.25, 0.3) is 0 Å². The summed E-state index contributed by atoms with van der Waals surface area (Å²) in [5.41, 5.74) is 4.01. The maximum atomic E-state index is 12.6. The molecule has 136 valence electrons. The van der Waals surface area contributed by atoms with Crippen LogP contribution < -0.4 is 4.90 Å². The number of hydrogen-bond donors (Lipinski definition) is 0. The van der Waals surface area contributed by atoms with E-state index in [0.717, 1.165) is 22.9 Å². The molecular weight excluding hydrogens is 372 g/mol. The van der Waals surface area contributed by atoms with Gasteiger partial charge in [0.1, 0.15) is 16.4 Å². The summed E-state index contributed by atoms with van der Waals surface area (Å²) < 4.78 is 23.2. The summed E-state index contributed by atoms with van der Waals surface area (Å²) in [6.07, 6.45) is 1.16. The van der Waals surface area contributed by atoms with E-state index in [1.165, 1.54) is 4.90 Å². The summed E-state index contributed by atoms with van der Waals surface area (Å²) in [4.78, 5) is 18.6. The van der Waals surface area contributed by atoms with Crippen molar-refractivity contribution >= 4 is 38.7 Å². The van der Waals surface area contributed by atoms with Crippen LogP contribution in [-0.2, 0) is 14.6 Å². The lowest BCUT2D eigenvalue weighted by molar-refractivity contribution is -0.117. The first-order chi connectivity index (χ1) is 12.3. The van der Waals surface area contributed by atoms with E-state index >= 15 is 0 Å². The number of benzodiazepines with no additional fused rings is 1. The van der Waals surface area contributed by atoms with Crippen LogP contribution in [-0.4, -0.2) is 45.1 Å². The number of amides is 1. The predicted octanol–water partition coefficient (Wildman–Crippen LogP) is 2.88. The van der Waals surface area contributed by atoms with Crippen LogP contribution in [0.15, 0.2) is 47.5 Å². The summed E-state index contributed by atoms with van der Waals surface area (Å²) in [7, 11) is -3.20. The molecule has 5 nitrogen and oxygen atoms in total. The quantitative estimate of drug-likeness (QED) is 0.806. The zero-order valence-electron chi connectivity index (χ0n) is 14.6. The molecule has 1 amide bonds. The monoisotopic (exact) mass is 390 g/mol. The molecule has 1 aliphatic rings. The number of anilines is 1. The minimum absolute atomic E-state index is 0.0419. The van der Waals surface area contributed by atoms with Crippen molar-refractivity contribution < 1.29 is 13.2 Å². The number of sulfone groups is 1. The molecule has 26 heavy (non-hydrogen) atoms. The van der Waals surface area contributed by atoms with Crippen LogP contribution in [0.2, 0.25) is 5.02 Å². The molecule has 0 aliphatic carbocycles. The molecular formula is C19H19ClN2O3S. The normalized spacial score (nSPS) is 14.7. The molecule has 2 aromatic carbocycles. The number of rotatable bonds is 4. The van der Waals surface area contributed by atoms with Gasteiger partial charge in [-0.2, -0.15) is 0 Å². The molecule has 0 spiro atoms. The molecule has 0 saturated carbocycles. The van der Waals surface area contributed by atoms with Crippen LogP contribution >= 0.6 is 11.6 Å². The average molecular weight is 391 g/mol. The van der Waals surface area contributed by atoms with Crippen LogP contribution in [0.3, 0.4) is 0 Å². The molecule has 2 aromatic rings. The smallest absolute Gasteiger partial charge is 0.248 e. The fourth-order valence-corrected chi connectivity index (χ4v) is 3.64. The number of carbonyl (C=O) groups is 1. The first-order valence-corrected chi connectivity index (χ1v) is 10.6. The van der Waals surface area contributed by atoms with E-state index in [1.807, 2.05) is 31.2 Å². The molecule has 0 N–H and O–H groups in total. The molecule has 0 fully saturated rings. The molecule has 0 bridgehead atoms. The third-order valence-corrected chi connectivity index (χ3v) is 5.42. The number of benzene rings is 2. The van der Waals surface area contributed by atoms with E-state index in [1.54, 1.807) is 18.2 Å². The van der Waals surface area contributed by atoms with Gasteiger partial charge in [-0.05, 0) is 30.7 Å². The van der Waals surface area contributed by atoms with Crippen molar-refractivity contribution in [1.29, 1.82) is 0 Å². The van der Waals surface area contributed by atoms with Gasteiger partial charge < -0.3 is 4.90 Å². The zero-order valence-corrected chi connectivity index (χ0v) is 16.1. The Bertz CT molecular complexity index is 1000. The third kappa shape index (κ3) is 3.97. The summed E-state index contributed by atoms with van der Waals surface area (Å²) >= 11 is 6.20. The zero-order chi connectivity index (χ0) is 18.9. The van der Waals surface area contributed by atoms with Gasteiger partial charge >= 0.3 is 0 Å². The highest BCUT2D eigenvalue weighted by Crippen LogP contribution is 2.30. The Morgan fingerprint density at radius 1 is 1.15 bits per heavy atom. The van der Waals surface area contributed by atoms with Gasteiger partial charge in [0.2, 0.25) is 5.91 Å². The van der Waals surface area contributed by atoms with Crippen molar-refractivity contribution in [3.8, 4) is 0 Å². The van der Waals surface area contributed by atoms with Crippen molar-refractivity contribution in [2.45, 2.75) is 6.92 Å². The second-order valence-corrected chi connectivity index (χ2v) is 9.01. The number of carbonyl (C=O) groups excluding carboxylic acids is 1. The fraction of sp³-hybridized carbons (Fsp3) is 0.263. The Morgan fingerprint density at radius 2 is 1.88 bits per heavy atom. The van der Waals surface area contributed by atoms with Crippen molar-refractivity contribution in [2.75, 3.05) is 30.0 Å². The molecule has 0 unspecified atom stereocenters. The lowest BCUT2D eigenvalue weighted by Crippen LogP contribution is -2.36. The second-order valence-electron chi connectivity index (χ2n) is 6.32. The average Bonchev–Trinajstić information content (AvgIpc) is 2.69. The van der Waals surface area contributed by atoms with E-state index < -0.39 is 9.84 Å². The van der Waals surface area contributed by atoms with Crippen molar-refractivity contribution in [1.82, 2.24) is 0 Å². The minimum Gasteiger partial charge on any atom is -0.309 e. The Kier molecular flexibility index (Phi) is 5.16. The summed E-state index contributed by atoms with van der Waals surface area (Å²) in [6.45, 7) is 2.03. The highest BCUT2D eigenvalue weighted by atomic mass is 35.5. The van der Waals surface area contributed by atoms with Crippen molar-refractivity contribution in [3.63, 3.8) is 0 Å². The van der Waals surface area contributed by atoms with E-state index in [2.05, 4.69) is 4.99 Å². The van der Waals surface area contributed by atoms with Gasteiger partial charge in [0.05, 0.1) is 17.2 Å². The second kappa shape index (κ2) is 7.21. The highest BCUT2D eigenvalue weighted by Gasteiger charge is 2.26. The number of aliphatic imine (C=N–C) groups is 1. The molecule has 3 rings (SSSR count). The summed E-state index contributed by atoms with van der Waals surface area (Å²) in [6, 6.07) is 13.0. The Labute approximate surface area is 158 Å². The van der Waals surface area contributed by atoms with Crippen molar-refractivity contribution in [2.24, 2.45) is 4.99 Å². The number of hydrogen-bond acceptors (Lipinski definition) is 4. The van der Waals surface area contributed by atoms with Gasteiger partial charge in [-0.15, -0.1) is 0 Å². The third-order valence-electron chi connectivity index (χ3n) is 4.26. The number of fused-ring (bicyclic) bond motifs is 1. The van der Waals surface area contributed by atoms with Crippen LogP contribution in [0.1, 0.15) is 16.7 Å². The molecule has 0 radical (unpaired) electrons. The lowest BCUT2D eigenvalue weighted by atomic mass is 9.96. The van der Waals surface area contributed by atoms with Crippen LogP contribution in [0.4, 0.5) is 5.69 Å². The summed E-state index contributed by atoms with van der Waals surface area (Å²) in [5, 5.41) is 0.530. The topological polar surface area (TPSA) is 66.8 Å². The molecule has 0 saturated heterocycles. The Hall–Kier alpha value is -2.18. The van der Waals surface area contributed by atoms with E-state index in [0.29, 0.717) is 16.4 Å². The van der Waals surface area contributed by atoms with Gasteiger partial charge in [-0.3, -0.25) is 9.79 Å². The van der Waals surface area contributed by atoms with E-state index in [4.69, 9.17) is 11.6 Å². The van der Waals surface area contributed by atoms with E-state index in [9.17, 15) is 13.2 Å². The minimum atomic E-state index is -3.20. The number of aryl methyl sites for hydroxylation is 1. The first kappa shape index (κ1) is 18.6. The predicted molar refractivity (Wildman–Crippen MR) is 105 cm³/mol. The first-order valence-electron chi connectivity index (χ1n) is 8.15. The SMILES string of the molecule is Cc1ccccc1C1=NCC(=O)N(CCS(C)(=O)=O)c2ccc(Cl)cc21. The van der Waals surface area contributed by atoms with Crippen LogP contribution in [0.5, 0.6) is 0 Å². The van der Waals surface area contributed by atoms with Gasteiger partial charge in [0.25, 0.3) is 0 Å². The molecule has 1 aliphatic heterocycles. The van der Waals surface area contributed by atoms with Gasteiger partial charge in [-0.1, -0.05) is 35.9 Å². The van der Waals surface area contributed by atoms with Gasteiger partial charge in [0.15, 0.2) is 0 Å². The lowest BCUT2D eigenvalue weighted by Gasteiger charge is -2.23. The van der Waals surface area contributed by atoms with E-state index in [-0.39, 0.29) is 24.7 Å². The largest absolute Gasteiger partial charge is 0.309 e. The number of nitrogens with zero attached hydrogens (tertiary/aromatic N) is 2. The molecule has 0 aromatic heterocycles. The van der Waals surface area contributed by atoms with Crippen LogP contribution in [0, 0.1) is 6.92 Å². The van der Waals surface area contributed by atoms with Crippen molar-refractivity contribution in [3.05, 3.63) is 64.2 Å². The van der Waals surface area contributed by atoms with Gasteiger partial charge in [0, 0.05) is 29.0 Å².